The Hall–Kier alpha value is -1.58. The summed E-state index contributed by atoms with van der Waals surface area (Å²) in [5.74, 6) is -1.07. The predicted octanol–water partition coefficient (Wildman–Crippen LogP) is 4.86. The maximum Gasteiger partial charge on any atom is 0.305 e. The molecule has 1 aromatic carbocycles. The van der Waals surface area contributed by atoms with Crippen molar-refractivity contribution in [1.82, 2.24) is 0 Å². The van der Waals surface area contributed by atoms with Crippen molar-refractivity contribution in [2.24, 2.45) is 0 Å². The van der Waals surface area contributed by atoms with Gasteiger partial charge in [0.2, 0.25) is 0 Å². The highest BCUT2D eigenvalue weighted by atomic mass is 19.1. The van der Waals surface area contributed by atoms with Crippen LogP contribution in [0.1, 0.15) is 58.3 Å². The van der Waals surface area contributed by atoms with Crippen molar-refractivity contribution in [1.29, 1.82) is 0 Å². The molecule has 0 aliphatic carbocycles. The highest BCUT2D eigenvalue weighted by molar-refractivity contribution is 5.67. The van der Waals surface area contributed by atoms with Gasteiger partial charge in [0.25, 0.3) is 0 Å². The van der Waals surface area contributed by atoms with E-state index in [1.54, 1.807) is 12.1 Å². The van der Waals surface area contributed by atoms with Crippen molar-refractivity contribution < 1.29 is 14.3 Å². The zero-order chi connectivity index (χ0) is 16.2. The lowest BCUT2D eigenvalue weighted by atomic mass is 10.1. The summed E-state index contributed by atoms with van der Waals surface area (Å²) in [5.41, 5.74) is 0.897. The normalized spacial score (nSPS) is 10.6. The maximum atomic E-state index is 13.0. The van der Waals surface area contributed by atoms with Gasteiger partial charge < -0.3 is 10.0 Å². The van der Waals surface area contributed by atoms with E-state index in [1.165, 1.54) is 44.2 Å². The molecule has 0 atom stereocenters. The predicted molar refractivity (Wildman–Crippen MR) is 88.9 cm³/mol. The molecule has 0 aromatic heterocycles. The second-order valence-electron chi connectivity index (χ2n) is 5.73. The Balaban J connectivity index is 2.38. The quantitative estimate of drug-likeness (QED) is 0.561. The summed E-state index contributed by atoms with van der Waals surface area (Å²) in [4.78, 5) is 12.8. The Morgan fingerprint density at radius 2 is 1.59 bits per heavy atom. The number of aliphatic carboxylic acids is 1. The highest BCUT2D eigenvalue weighted by Gasteiger charge is 2.08. The zero-order valence-corrected chi connectivity index (χ0v) is 13.6. The van der Waals surface area contributed by atoms with Gasteiger partial charge in [0, 0.05) is 18.8 Å². The minimum Gasteiger partial charge on any atom is -0.481 e. The molecular formula is C18H28FNO2. The molecule has 0 radical (unpaired) electrons. The van der Waals surface area contributed by atoms with E-state index in [0.29, 0.717) is 6.54 Å². The summed E-state index contributed by atoms with van der Waals surface area (Å²) in [6.07, 6.45) is 8.69. The minimum atomic E-state index is -0.799. The largest absolute Gasteiger partial charge is 0.481 e. The lowest BCUT2D eigenvalue weighted by Crippen LogP contribution is -2.27. The van der Waals surface area contributed by atoms with Crippen LogP contribution in [0.3, 0.4) is 0 Å². The number of anilines is 1. The number of unbranched alkanes of at least 4 members (excludes halogenated alkanes) is 6. The molecule has 0 aliphatic heterocycles. The molecule has 0 bridgehead atoms. The molecular weight excluding hydrogens is 281 g/mol. The van der Waals surface area contributed by atoms with Gasteiger partial charge in [-0.2, -0.15) is 0 Å². The monoisotopic (exact) mass is 309 g/mol. The number of hydrogen-bond acceptors (Lipinski definition) is 2. The van der Waals surface area contributed by atoms with Crippen LogP contribution in [-0.4, -0.2) is 24.2 Å². The first-order chi connectivity index (χ1) is 10.6. The zero-order valence-electron chi connectivity index (χ0n) is 13.6. The third-order valence-corrected chi connectivity index (χ3v) is 3.82. The number of carboxylic acid groups (broad SMARTS) is 1. The molecule has 22 heavy (non-hydrogen) atoms. The second-order valence-corrected chi connectivity index (χ2v) is 5.73. The molecule has 3 nitrogen and oxygen atoms in total. The molecule has 0 unspecified atom stereocenters. The molecule has 0 spiro atoms. The van der Waals surface area contributed by atoms with Crippen LogP contribution in [0.4, 0.5) is 10.1 Å². The summed E-state index contributed by atoms with van der Waals surface area (Å²) >= 11 is 0. The van der Waals surface area contributed by atoms with E-state index in [4.69, 9.17) is 5.11 Å². The first-order valence-corrected chi connectivity index (χ1v) is 8.35. The summed E-state index contributed by atoms with van der Waals surface area (Å²) in [7, 11) is 0. The second kappa shape index (κ2) is 11.0. The van der Waals surface area contributed by atoms with Gasteiger partial charge >= 0.3 is 5.97 Å². The van der Waals surface area contributed by atoms with Crippen molar-refractivity contribution in [2.75, 3.05) is 18.0 Å². The maximum absolute atomic E-state index is 13.0. The van der Waals surface area contributed by atoms with Crippen LogP contribution < -0.4 is 4.90 Å². The van der Waals surface area contributed by atoms with E-state index in [-0.39, 0.29) is 12.2 Å². The minimum absolute atomic E-state index is 0.105. The van der Waals surface area contributed by atoms with Crippen molar-refractivity contribution in [2.45, 2.75) is 58.3 Å². The van der Waals surface area contributed by atoms with Gasteiger partial charge in [0.1, 0.15) is 5.82 Å². The van der Waals surface area contributed by atoms with Crippen molar-refractivity contribution >= 4 is 11.7 Å². The molecule has 0 heterocycles. The van der Waals surface area contributed by atoms with Gasteiger partial charge in [0.05, 0.1) is 6.42 Å². The molecule has 0 fully saturated rings. The van der Waals surface area contributed by atoms with Crippen LogP contribution in [0.25, 0.3) is 0 Å². The van der Waals surface area contributed by atoms with E-state index in [2.05, 4.69) is 6.92 Å². The number of carbonyl (C=O) groups is 1. The first-order valence-electron chi connectivity index (χ1n) is 8.35. The molecule has 0 saturated heterocycles. The van der Waals surface area contributed by atoms with Gasteiger partial charge in [-0.05, 0) is 30.7 Å². The highest BCUT2D eigenvalue weighted by Crippen LogP contribution is 2.17. The molecule has 1 rings (SSSR count). The standard InChI is InChI=1S/C18H28FNO2/c1-2-3-4-5-6-7-8-14-20(15-13-18(21)22)17-11-9-16(19)10-12-17/h9-12H,2-8,13-15H2,1H3,(H,21,22). The third-order valence-electron chi connectivity index (χ3n) is 3.82. The average molecular weight is 309 g/mol. The topological polar surface area (TPSA) is 40.5 Å². The number of rotatable bonds is 12. The third kappa shape index (κ3) is 8.01. The molecule has 1 N–H and O–H groups in total. The lowest BCUT2D eigenvalue weighted by Gasteiger charge is -2.24. The molecule has 4 heteroatoms. The van der Waals surface area contributed by atoms with E-state index >= 15 is 0 Å². The smallest absolute Gasteiger partial charge is 0.305 e. The van der Waals surface area contributed by atoms with Gasteiger partial charge in [-0.15, -0.1) is 0 Å². The van der Waals surface area contributed by atoms with Crippen LogP contribution in [0.2, 0.25) is 0 Å². The summed E-state index contributed by atoms with van der Waals surface area (Å²) in [5, 5.41) is 8.86. The van der Waals surface area contributed by atoms with E-state index in [0.717, 1.165) is 25.1 Å². The van der Waals surface area contributed by atoms with Gasteiger partial charge in [-0.1, -0.05) is 45.4 Å². The van der Waals surface area contributed by atoms with Crippen molar-refractivity contribution in [3.8, 4) is 0 Å². The van der Waals surface area contributed by atoms with Crippen LogP contribution in [0, 0.1) is 5.82 Å². The Morgan fingerprint density at radius 3 is 2.18 bits per heavy atom. The van der Waals surface area contributed by atoms with Crippen molar-refractivity contribution in [3.05, 3.63) is 30.1 Å². The number of carboxylic acids is 1. The molecule has 0 aliphatic rings. The van der Waals surface area contributed by atoms with Crippen molar-refractivity contribution in [3.63, 3.8) is 0 Å². The number of halogens is 1. The van der Waals surface area contributed by atoms with E-state index in [1.807, 2.05) is 4.90 Å². The van der Waals surface area contributed by atoms with Crippen LogP contribution in [0.15, 0.2) is 24.3 Å². The van der Waals surface area contributed by atoms with E-state index in [9.17, 15) is 9.18 Å². The number of hydrogen-bond donors (Lipinski definition) is 1. The molecule has 0 saturated carbocycles. The summed E-state index contributed by atoms with van der Waals surface area (Å²) < 4.78 is 13.0. The number of nitrogens with zero attached hydrogens (tertiary/aromatic N) is 1. The fourth-order valence-electron chi connectivity index (χ4n) is 2.51. The summed E-state index contributed by atoms with van der Waals surface area (Å²) in [6.45, 7) is 3.51. The molecule has 1 aromatic rings. The molecule has 124 valence electrons. The number of benzene rings is 1. The van der Waals surface area contributed by atoms with Crippen LogP contribution in [-0.2, 0) is 4.79 Å². The lowest BCUT2D eigenvalue weighted by molar-refractivity contribution is -0.136. The average Bonchev–Trinajstić information content (AvgIpc) is 2.50. The fourth-order valence-corrected chi connectivity index (χ4v) is 2.51. The van der Waals surface area contributed by atoms with Gasteiger partial charge in [0.15, 0.2) is 0 Å². The fraction of sp³-hybridized carbons (Fsp3) is 0.611. The summed E-state index contributed by atoms with van der Waals surface area (Å²) in [6, 6.07) is 6.29. The Kier molecular flexibility index (Phi) is 9.28. The van der Waals surface area contributed by atoms with Crippen LogP contribution in [0.5, 0.6) is 0 Å². The van der Waals surface area contributed by atoms with Gasteiger partial charge in [-0.25, -0.2) is 4.39 Å². The Bertz CT molecular complexity index is 420. The van der Waals surface area contributed by atoms with Gasteiger partial charge in [-0.3, -0.25) is 4.79 Å². The SMILES string of the molecule is CCCCCCCCCN(CCC(=O)O)c1ccc(F)cc1. The van der Waals surface area contributed by atoms with E-state index < -0.39 is 5.97 Å². The van der Waals surface area contributed by atoms with Crippen LogP contribution >= 0.6 is 0 Å². The molecule has 0 amide bonds. The Morgan fingerprint density at radius 1 is 1.00 bits per heavy atom. The first kappa shape index (κ1) is 18.5. The Labute approximate surface area is 133 Å².